The van der Waals surface area contributed by atoms with Gasteiger partial charge in [0, 0.05) is 25.1 Å². The van der Waals surface area contributed by atoms with Crippen LogP contribution in [0.2, 0.25) is 5.02 Å². The van der Waals surface area contributed by atoms with Crippen molar-refractivity contribution in [1.29, 1.82) is 0 Å². The Bertz CT molecular complexity index is 1330. The summed E-state index contributed by atoms with van der Waals surface area (Å²) in [7, 11) is 0. The van der Waals surface area contributed by atoms with Gasteiger partial charge in [-0.1, -0.05) is 17.7 Å². The number of carbonyl (C=O) groups excluding carboxylic acids is 3. The van der Waals surface area contributed by atoms with Crippen LogP contribution >= 0.6 is 11.6 Å². The number of aromatic nitrogens is 3. The summed E-state index contributed by atoms with van der Waals surface area (Å²) < 4.78 is 40.1. The Hall–Kier alpha value is -3.53. The summed E-state index contributed by atoms with van der Waals surface area (Å²) in [5.74, 6) is -2.70. The molecule has 0 aliphatic heterocycles. The molecule has 1 aliphatic carbocycles. The lowest BCUT2D eigenvalue weighted by Gasteiger charge is -2.17. The van der Waals surface area contributed by atoms with Crippen LogP contribution in [-0.2, 0) is 15.8 Å². The van der Waals surface area contributed by atoms with E-state index in [1.165, 1.54) is 12.3 Å². The molecule has 2 heterocycles. The van der Waals surface area contributed by atoms with Crippen molar-refractivity contribution in [2.75, 3.05) is 6.54 Å². The van der Waals surface area contributed by atoms with Gasteiger partial charge in [-0.2, -0.15) is 18.3 Å². The van der Waals surface area contributed by atoms with E-state index in [1.807, 2.05) is 26.0 Å². The number of benzene rings is 1. The average molecular weight is 519 g/mol. The summed E-state index contributed by atoms with van der Waals surface area (Å²) in [5.41, 5.74) is 1.41. The predicted octanol–water partition coefficient (Wildman–Crippen LogP) is 4.62. The van der Waals surface area contributed by atoms with E-state index in [2.05, 4.69) is 15.4 Å². The largest absolute Gasteiger partial charge is 0.433 e. The van der Waals surface area contributed by atoms with Gasteiger partial charge in [0.1, 0.15) is 23.1 Å². The molecule has 0 saturated heterocycles. The summed E-state index contributed by atoms with van der Waals surface area (Å²) in [6.45, 7) is 3.67. The highest BCUT2D eigenvalue weighted by Crippen LogP contribution is 2.37. The SMILES string of the molecule is Cc1cc(-n2cc(Cl)cn2)cc(C)c1C1C(=O)CC(CCNC(=O)c2cccc(C(F)(F)F)n2)C1=O. The van der Waals surface area contributed by atoms with Crippen molar-refractivity contribution in [1.82, 2.24) is 20.1 Å². The van der Waals surface area contributed by atoms with Gasteiger partial charge in [0.05, 0.1) is 16.9 Å². The number of amides is 1. The van der Waals surface area contributed by atoms with Crippen molar-refractivity contribution < 1.29 is 27.6 Å². The molecule has 1 aromatic carbocycles. The van der Waals surface area contributed by atoms with Crippen molar-refractivity contribution in [3.05, 3.63) is 75.8 Å². The van der Waals surface area contributed by atoms with E-state index < -0.39 is 29.6 Å². The Morgan fingerprint density at radius 3 is 2.50 bits per heavy atom. The van der Waals surface area contributed by atoms with E-state index in [1.54, 1.807) is 10.9 Å². The molecule has 188 valence electrons. The molecule has 1 amide bonds. The van der Waals surface area contributed by atoms with E-state index in [0.717, 1.165) is 28.9 Å². The van der Waals surface area contributed by atoms with Gasteiger partial charge >= 0.3 is 6.18 Å². The minimum absolute atomic E-state index is 0.0180. The van der Waals surface area contributed by atoms with Gasteiger partial charge in [-0.3, -0.25) is 14.4 Å². The highest BCUT2D eigenvalue weighted by atomic mass is 35.5. The van der Waals surface area contributed by atoms with Crippen molar-refractivity contribution in [3.8, 4) is 5.69 Å². The molecular weight excluding hydrogens is 497 g/mol. The zero-order chi connectivity index (χ0) is 26.2. The van der Waals surface area contributed by atoms with Crippen LogP contribution in [0.3, 0.4) is 0 Å². The second-order valence-electron chi connectivity index (χ2n) is 8.75. The van der Waals surface area contributed by atoms with E-state index >= 15 is 0 Å². The van der Waals surface area contributed by atoms with Gasteiger partial charge in [0.2, 0.25) is 0 Å². The third kappa shape index (κ3) is 5.18. The van der Waals surface area contributed by atoms with Gasteiger partial charge in [-0.25, -0.2) is 9.67 Å². The van der Waals surface area contributed by atoms with Crippen LogP contribution in [0.1, 0.15) is 51.6 Å². The van der Waals surface area contributed by atoms with Crippen LogP contribution in [0.25, 0.3) is 5.69 Å². The number of aryl methyl sites for hydroxylation is 2. The molecule has 3 aromatic rings. The van der Waals surface area contributed by atoms with Crippen LogP contribution in [0.4, 0.5) is 13.2 Å². The number of rotatable bonds is 6. The van der Waals surface area contributed by atoms with Gasteiger partial charge < -0.3 is 5.32 Å². The van der Waals surface area contributed by atoms with Crippen LogP contribution < -0.4 is 5.32 Å². The number of nitrogens with one attached hydrogen (secondary N) is 1. The van der Waals surface area contributed by atoms with E-state index in [4.69, 9.17) is 11.6 Å². The molecule has 2 atom stereocenters. The smallest absolute Gasteiger partial charge is 0.351 e. The number of hydrogen-bond donors (Lipinski definition) is 1. The van der Waals surface area contributed by atoms with Crippen molar-refractivity contribution in [2.45, 2.75) is 38.8 Å². The lowest BCUT2D eigenvalue weighted by Crippen LogP contribution is -2.28. The molecule has 7 nitrogen and oxygen atoms in total. The number of pyridine rings is 1. The van der Waals surface area contributed by atoms with Crippen molar-refractivity contribution in [2.24, 2.45) is 5.92 Å². The summed E-state index contributed by atoms with van der Waals surface area (Å²) >= 11 is 5.95. The average Bonchev–Trinajstić information content (AvgIpc) is 3.36. The Balaban J connectivity index is 1.43. The summed E-state index contributed by atoms with van der Waals surface area (Å²) in [5, 5.41) is 7.15. The molecule has 0 radical (unpaired) electrons. The lowest BCUT2D eigenvalue weighted by atomic mass is 9.87. The standard InChI is InChI=1S/C25H22ClF3N4O3/c1-13-8-17(33-12-16(26)11-31-33)9-14(2)21(13)22-19(34)10-15(23(22)35)6-7-30-24(36)18-4-3-5-20(32-18)25(27,28)29/h3-5,8-9,11-12,15,22H,6-7,10H2,1-2H3,(H,30,36). The second-order valence-corrected chi connectivity index (χ2v) is 9.19. The fourth-order valence-electron chi connectivity index (χ4n) is 4.55. The third-order valence-corrected chi connectivity index (χ3v) is 6.38. The van der Waals surface area contributed by atoms with Crippen LogP contribution in [-0.4, -0.2) is 38.8 Å². The molecule has 36 heavy (non-hydrogen) atoms. The monoisotopic (exact) mass is 518 g/mol. The number of hydrogen-bond acceptors (Lipinski definition) is 5. The molecule has 11 heteroatoms. The number of ketones is 2. The van der Waals surface area contributed by atoms with Gasteiger partial charge in [0.25, 0.3) is 5.91 Å². The van der Waals surface area contributed by atoms with Crippen molar-refractivity contribution in [3.63, 3.8) is 0 Å². The molecular formula is C25H22ClF3N4O3. The van der Waals surface area contributed by atoms with E-state index in [9.17, 15) is 27.6 Å². The number of halogens is 4. The minimum atomic E-state index is -4.66. The maximum Gasteiger partial charge on any atom is 0.433 e. The second kappa shape index (κ2) is 9.85. The third-order valence-electron chi connectivity index (χ3n) is 6.19. The number of carbonyl (C=O) groups is 3. The maximum atomic E-state index is 13.2. The maximum absolute atomic E-state index is 13.2. The number of alkyl halides is 3. The highest BCUT2D eigenvalue weighted by Gasteiger charge is 2.43. The minimum Gasteiger partial charge on any atom is -0.351 e. The Labute approximate surface area is 209 Å². The zero-order valence-corrected chi connectivity index (χ0v) is 20.2. The molecule has 1 aliphatic rings. The number of nitrogens with zero attached hydrogens (tertiary/aromatic N) is 3. The molecule has 1 saturated carbocycles. The fourth-order valence-corrected chi connectivity index (χ4v) is 4.69. The molecule has 1 fully saturated rings. The van der Waals surface area contributed by atoms with E-state index in [-0.39, 0.29) is 36.6 Å². The first-order valence-corrected chi connectivity index (χ1v) is 11.5. The summed E-state index contributed by atoms with van der Waals surface area (Å²) in [4.78, 5) is 41.6. The van der Waals surface area contributed by atoms with Gasteiger partial charge in [-0.05, 0) is 61.2 Å². The Morgan fingerprint density at radius 1 is 1.19 bits per heavy atom. The van der Waals surface area contributed by atoms with Gasteiger partial charge in [-0.15, -0.1) is 0 Å². The van der Waals surface area contributed by atoms with Gasteiger partial charge in [0.15, 0.2) is 5.78 Å². The number of Topliss-reactive ketones (excluding diaryl/α,β-unsaturated/α-hetero) is 2. The Morgan fingerprint density at radius 2 is 1.89 bits per heavy atom. The van der Waals surface area contributed by atoms with E-state index in [0.29, 0.717) is 10.6 Å². The quantitative estimate of drug-likeness (QED) is 0.481. The first-order valence-electron chi connectivity index (χ1n) is 11.2. The summed E-state index contributed by atoms with van der Waals surface area (Å²) in [6, 6.07) is 6.73. The molecule has 1 N–H and O–H groups in total. The normalized spacial score (nSPS) is 18.1. The molecule has 0 spiro atoms. The van der Waals surface area contributed by atoms with Crippen molar-refractivity contribution >= 4 is 29.1 Å². The van der Waals surface area contributed by atoms with Crippen LogP contribution in [0.15, 0.2) is 42.7 Å². The first kappa shape index (κ1) is 25.6. The zero-order valence-electron chi connectivity index (χ0n) is 19.4. The molecule has 4 rings (SSSR count). The fraction of sp³-hybridized carbons (Fsp3) is 0.320. The molecule has 0 bridgehead atoms. The van der Waals surface area contributed by atoms with Crippen LogP contribution in [0.5, 0.6) is 0 Å². The van der Waals surface area contributed by atoms with Crippen LogP contribution in [0, 0.1) is 19.8 Å². The molecule has 2 aromatic heterocycles. The topological polar surface area (TPSA) is 93.9 Å². The predicted molar refractivity (Wildman–Crippen MR) is 125 cm³/mol. The first-order chi connectivity index (χ1) is 17.0. The summed E-state index contributed by atoms with van der Waals surface area (Å²) in [6.07, 6.45) is -1.27. The molecule has 2 unspecified atom stereocenters. The highest BCUT2D eigenvalue weighted by molar-refractivity contribution is 6.30. The Kier molecular flexibility index (Phi) is 6.99. The lowest BCUT2D eigenvalue weighted by molar-refractivity contribution is -0.141.